The maximum atomic E-state index is 5.87. The zero-order valence-electron chi connectivity index (χ0n) is 12.5. The van der Waals surface area contributed by atoms with E-state index in [1.807, 2.05) is 60.7 Å². The molecule has 24 heavy (non-hydrogen) atoms. The van der Waals surface area contributed by atoms with Gasteiger partial charge >= 0.3 is 0 Å². The fourth-order valence-corrected chi connectivity index (χ4v) is 2.71. The van der Waals surface area contributed by atoms with Gasteiger partial charge in [-0.25, -0.2) is 9.97 Å². The molecule has 0 saturated heterocycles. The average molecular weight is 313 g/mol. The van der Waals surface area contributed by atoms with Crippen molar-refractivity contribution in [2.24, 2.45) is 0 Å². The molecule has 0 saturated carbocycles. The lowest BCUT2D eigenvalue weighted by molar-refractivity contribution is 0.609. The lowest BCUT2D eigenvalue weighted by atomic mass is 10.2. The molecular weight excluding hydrogens is 302 g/mol. The van der Waals surface area contributed by atoms with E-state index in [1.165, 1.54) is 0 Å². The second kappa shape index (κ2) is 5.03. The molecule has 3 heterocycles. The number of oxazole rings is 2. The predicted octanol–water partition coefficient (Wildman–Crippen LogP) is 4.70. The van der Waals surface area contributed by atoms with Crippen molar-refractivity contribution in [3.8, 4) is 23.0 Å². The number of hydrogen-bond donors (Lipinski definition) is 0. The van der Waals surface area contributed by atoms with Gasteiger partial charge in [-0.3, -0.25) is 4.98 Å². The van der Waals surface area contributed by atoms with Gasteiger partial charge in [0.1, 0.15) is 16.7 Å². The molecular formula is C19H11N3O2. The van der Waals surface area contributed by atoms with Gasteiger partial charge in [0, 0.05) is 6.20 Å². The van der Waals surface area contributed by atoms with Crippen LogP contribution < -0.4 is 0 Å². The first-order chi connectivity index (χ1) is 11.9. The highest BCUT2D eigenvalue weighted by molar-refractivity contribution is 5.82. The topological polar surface area (TPSA) is 65.0 Å². The van der Waals surface area contributed by atoms with Crippen molar-refractivity contribution < 1.29 is 8.83 Å². The number of rotatable bonds is 2. The highest BCUT2D eigenvalue weighted by Gasteiger charge is 2.18. The molecule has 0 aliphatic carbocycles. The molecule has 5 rings (SSSR count). The van der Waals surface area contributed by atoms with Crippen LogP contribution in [-0.2, 0) is 0 Å². The van der Waals surface area contributed by atoms with Crippen molar-refractivity contribution in [3.63, 3.8) is 0 Å². The van der Waals surface area contributed by atoms with Gasteiger partial charge in [0.05, 0.1) is 5.56 Å². The third kappa shape index (κ3) is 1.99. The molecule has 0 aliphatic rings. The number of fused-ring (bicyclic) bond motifs is 2. The number of nitrogens with zero attached hydrogens (tertiary/aromatic N) is 3. The van der Waals surface area contributed by atoms with Crippen LogP contribution in [-0.4, -0.2) is 15.0 Å². The van der Waals surface area contributed by atoms with E-state index in [-0.39, 0.29) is 0 Å². The van der Waals surface area contributed by atoms with E-state index in [0.717, 1.165) is 27.8 Å². The van der Waals surface area contributed by atoms with Crippen LogP contribution in [0.1, 0.15) is 0 Å². The largest absolute Gasteiger partial charge is 0.436 e. The molecule has 0 N–H and O–H groups in total. The summed E-state index contributed by atoms with van der Waals surface area (Å²) in [4.78, 5) is 13.5. The third-order valence-electron chi connectivity index (χ3n) is 3.83. The fraction of sp³-hybridized carbons (Fsp3) is 0. The lowest BCUT2D eigenvalue weighted by Crippen LogP contribution is -1.88. The summed E-state index contributed by atoms with van der Waals surface area (Å²) in [5.74, 6) is 0.954. The monoisotopic (exact) mass is 313 g/mol. The minimum Gasteiger partial charge on any atom is -0.436 e. The zero-order chi connectivity index (χ0) is 15.9. The van der Waals surface area contributed by atoms with Crippen LogP contribution in [0.15, 0.2) is 75.7 Å². The minimum atomic E-state index is 0.453. The van der Waals surface area contributed by atoms with Crippen LogP contribution in [0.2, 0.25) is 0 Å². The molecule has 0 amide bonds. The highest BCUT2D eigenvalue weighted by Crippen LogP contribution is 2.32. The van der Waals surface area contributed by atoms with E-state index in [9.17, 15) is 0 Å². The Bertz CT molecular complexity index is 1010. The Kier molecular flexibility index (Phi) is 2.72. The van der Waals surface area contributed by atoms with Crippen LogP contribution in [0, 0.1) is 0 Å². The summed E-state index contributed by atoms with van der Waals surface area (Å²) >= 11 is 0. The Balaban J connectivity index is 1.72. The van der Waals surface area contributed by atoms with Crippen LogP contribution in [0.3, 0.4) is 0 Å². The van der Waals surface area contributed by atoms with Crippen molar-refractivity contribution in [1.29, 1.82) is 0 Å². The molecule has 5 aromatic rings. The minimum absolute atomic E-state index is 0.453. The molecule has 0 fully saturated rings. The molecule has 5 nitrogen and oxygen atoms in total. The Morgan fingerprint density at radius 1 is 0.625 bits per heavy atom. The molecule has 0 bridgehead atoms. The van der Waals surface area contributed by atoms with Gasteiger partial charge in [0.25, 0.3) is 0 Å². The second-order valence-electron chi connectivity index (χ2n) is 5.37. The van der Waals surface area contributed by atoms with Gasteiger partial charge in [-0.05, 0) is 36.4 Å². The van der Waals surface area contributed by atoms with Crippen molar-refractivity contribution >= 4 is 22.2 Å². The molecule has 2 aromatic carbocycles. The number of benzene rings is 2. The second-order valence-corrected chi connectivity index (χ2v) is 5.37. The maximum absolute atomic E-state index is 5.87. The molecule has 0 radical (unpaired) electrons. The zero-order valence-corrected chi connectivity index (χ0v) is 12.5. The molecule has 0 atom stereocenters. The number of pyridine rings is 1. The first-order valence-electron chi connectivity index (χ1n) is 7.55. The molecule has 3 aromatic heterocycles. The van der Waals surface area contributed by atoms with Crippen LogP contribution in [0.5, 0.6) is 0 Å². The normalized spacial score (nSPS) is 11.3. The number of aromatic nitrogens is 3. The van der Waals surface area contributed by atoms with Gasteiger partial charge in [0.2, 0.25) is 11.8 Å². The Labute approximate surface area is 136 Å². The summed E-state index contributed by atoms with van der Waals surface area (Å²) in [6.07, 6.45) is 1.70. The molecule has 5 heteroatoms. The quantitative estimate of drug-likeness (QED) is 0.472. The first-order valence-corrected chi connectivity index (χ1v) is 7.55. The van der Waals surface area contributed by atoms with E-state index < -0.39 is 0 Å². The van der Waals surface area contributed by atoms with Crippen molar-refractivity contribution in [2.75, 3.05) is 0 Å². The van der Waals surface area contributed by atoms with E-state index in [4.69, 9.17) is 8.83 Å². The summed E-state index contributed by atoms with van der Waals surface area (Å²) in [6, 6.07) is 19.0. The van der Waals surface area contributed by atoms with Crippen LogP contribution in [0.4, 0.5) is 0 Å². The van der Waals surface area contributed by atoms with E-state index in [2.05, 4.69) is 15.0 Å². The smallest absolute Gasteiger partial charge is 0.247 e. The number of para-hydroxylation sites is 4. The summed E-state index contributed by atoms with van der Waals surface area (Å²) in [7, 11) is 0. The molecule has 0 aliphatic heterocycles. The highest BCUT2D eigenvalue weighted by atomic mass is 16.4. The van der Waals surface area contributed by atoms with Crippen molar-refractivity contribution in [2.45, 2.75) is 0 Å². The van der Waals surface area contributed by atoms with Gasteiger partial charge in [-0.15, -0.1) is 0 Å². The molecule has 114 valence electrons. The predicted molar refractivity (Wildman–Crippen MR) is 90.2 cm³/mol. The van der Waals surface area contributed by atoms with Gasteiger partial charge in [-0.1, -0.05) is 24.3 Å². The molecule has 0 spiro atoms. The Morgan fingerprint density at radius 2 is 1.25 bits per heavy atom. The lowest BCUT2D eigenvalue weighted by Gasteiger charge is -2.00. The van der Waals surface area contributed by atoms with Gasteiger partial charge in [-0.2, -0.15) is 0 Å². The van der Waals surface area contributed by atoms with Crippen LogP contribution in [0.25, 0.3) is 45.2 Å². The standard InChI is InChI=1S/C19H11N3O2/c1-3-9-15-13(7-1)21-18(23-15)12-6-5-11-20-17(12)19-22-14-8-2-4-10-16(14)24-19/h1-11H. The van der Waals surface area contributed by atoms with Crippen molar-refractivity contribution in [3.05, 3.63) is 66.9 Å². The van der Waals surface area contributed by atoms with E-state index in [1.54, 1.807) is 6.20 Å². The maximum Gasteiger partial charge on any atom is 0.247 e. The first kappa shape index (κ1) is 13.0. The fourth-order valence-electron chi connectivity index (χ4n) is 2.71. The third-order valence-corrected chi connectivity index (χ3v) is 3.83. The number of hydrogen-bond acceptors (Lipinski definition) is 5. The Hall–Kier alpha value is -3.47. The van der Waals surface area contributed by atoms with Gasteiger partial charge < -0.3 is 8.83 Å². The summed E-state index contributed by atoms with van der Waals surface area (Å²) in [5.41, 5.74) is 4.42. The van der Waals surface area contributed by atoms with E-state index >= 15 is 0 Å². The summed E-state index contributed by atoms with van der Waals surface area (Å²) < 4.78 is 11.7. The average Bonchev–Trinajstić information content (AvgIpc) is 3.25. The van der Waals surface area contributed by atoms with Crippen molar-refractivity contribution in [1.82, 2.24) is 15.0 Å². The summed E-state index contributed by atoms with van der Waals surface area (Å²) in [5, 5.41) is 0. The SMILES string of the molecule is c1cnc(-c2nc3ccccc3o2)c(-c2nc3ccccc3o2)c1. The summed E-state index contributed by atoms with van der Waals surface area (Å²) in [6.45, 7) is 0. The molecule has 0 unspecified atom stereocenters. The van der Waals surface area contributed by atoms with E-state index in [0.29, 0.717) is 17.5 Å². The van der Waals surface area contributed by atoms with Crippen LogP contribution >= 0.6 is 0 Å². The Morgan fingerprint density at radius 3 is 1.96 bits per heavy atom. The van der Waals surface area contributed by atoms with Gasteiger partial charge in [0.15, 0.2) is 11.2 Å².